The van der Waals surface area contributed by atoms with Crippen molar-refractivity contribution in [1.82, 2.24) is 4.90 Å². The lowest BCUT2D eigenvalue weighted by atomic mass is 9.92. The maximum absolute atomic E-state index is 3.92. The Kier molecular flexibility index (Phi) is 8.24. The van der Waals surface area contributed by atoms with Gasteiger partial charge in [-0.1, -0.05) is 25.7 Å². The molecule has 0 aliphatic rings. The van der Waals surface area contributed by atoms with Gasteiger partial charge in [0.15, 0.2) is 0 Å². The van der Waals surface area contributed by atoms with Crippen molar-refractivity contribution >= 4 is 0 Å². The van der Waals surface area contributed by atoms with Crippen molar-refractivity contribution in [3.63, 3.8) is 0 Å². The third kappa shape index (κ3) is 5.54. The first kappa shape index (κ1) is 16.4. The van der Waals surface area contributed by atoms with Gasteiger partial charge in [-0.15, -0.1) is 0 Å². The summed E-state index contributed by atoms with van der Waals surface area (Å²) in [7, 11) is 0. The average molecular weight is 237 g/mol. The van der Waals surface area contributed by atoms with Crippen LogP contribution in [-0.2, 0) is 0 Å². The minimum atomic E-state index is 0.630. The standard InChI is InChI=1S/C16H31N/c1-8-15(9-2)16(10-3)11-12-17(13(4)5)14(6)7/h8-9,13-14,16H,1,10-12H2,2-7H3/b15-9+. The van der Waals surface area contributed by atoms with Crippen molar-refractivity contribution in [2.75, 3.05) is 6.54 Å². The van der Waals surface area contributed by atoms with Crippen molar-refractivity contribution in [3.05, 3.63) is 24.3 Å². The van der Waals surface area contributed by atoms with E-state index in [2.05, 4.69) is 59.1 Å². The van der Waals surface area contributed by atoms with Crippen LogP contribution >= 0.6 is 0 Å². The number of allylic oxidation sites excluding steroid dienone is 3. The molecule has 0 saturated carbocycles. The highest BCUT2D eigenvalue weighted by molar-refractivity contribution is 5.18. The summed E-state index contributed by atoms with van der Waals surface area (Å²) < 4.78 is 0. The van der Waals surface area contributed by atoms with E-state index in [4.69, 9.17) is 0 Å². The second kappa shape index (κ2) is 8.52. The fraction of sp³-hybridized carbons (Fsp3) is 0.750. The third-order valence-electron chi connectivity index (χ3n) is 3.60. The molecule has 0 aromatic carbocycles. The molecule has 0 aliphatic carbocycles. The minimum absolute atomic E-state index is 0.630. The van der Waals surface area contributed by atoms with Crippen LogP contribution in [0.3, 0.4) is 0 Å². The monoisotopic (exact) mass is 237 g/mol. The van der Waals surface area contributed by atoms with Crippen LogP contribution in [0.15, 0.2) is 24.3 Å². The van der Waals surface area contributed by atoms with Crippen LogP contribution in [0.25, 0.3) is 0 Å². The fourth-order valence-corrected chi connectivity index (χ4v) is 2.54. The molecule has 0 radical (unpaired) electrons. The predicted octanol–water partition coefficient (Wildman–Crippen LogP) is 4.65. The van der Waals surface area contributed by atoms with Crippen LogP contribution in [0.1, 0.15) is 54.4 Å². The van der Waals surface area contributed by atoms with Gasteiger partial charge < -0.3 is 0 Å². The van der Waals surface area contributed by atoms with Gasteiger partial charge in [-0.2, -0.15) is 0 Å². The molecule has 1 atom stereocenters. The third-order valence-corrected chi connectivity index (χ3v) is 3.60. The molecule has 0 fully saturated rings. The summed E-state index contributed by atoms with van der Waals surface area (Å²) in [6, 6.07) is 1.26. The Balaban J connectivity index is 4.44. The van der Waals surface area contributed by atoms with E-state index in [1.807, 2.05) is 6.08 Å². The zero-order valence-electron chi connectivity index (χ0n) is 12.7. The maximum Gasteiger partial charge on any atom is 0.00412 e. The lowest BCUT2D eigenvalue weighted by molar-refractivity contribution is 0.165. The van der Waals surface area contributed by atoms with Crippen molar-refractivity contribution in [2.24, 2.45) is 5.92 Å². The van der Waals surface area contributed by atoms with Gasteiger partial charge in [0, 0.05) is 12.1 Å². The molecule has 0 saturated heterocycles. The first-order chi connectivity index (χ1) is 7.97. The summed E-state index contributed by atoms with van der Waals surface area (Å²) in [6.45, 7) is 18.6. The molecule has 0 spiro atoms. The van der Waals surface area contributed by atoms with Gasteiger partial charge in [-0.05, 0) is 65.5 Å². The van der Waals surface area contributed by atoms with Gasteiger partial charge in [0.1, 0.15) is 0 Å². The SMILES string of the molecule is C=C/C(=C\C)C(CC)CCN(C(C)C)C(C)C. The van der Waals surface area contributed by atoms with Crippen LogP contribution in [0.2, 0.25) is 0 Å². The summed E-state index contributed by atoms with van der Waals surface area (Å²) in [4.78, 5) is 2.57. The number of nitrogens with zero attached hydrogens (tertiary/aromatic N) is 1. The second-order valence-electron chi connectivity index (χ2n) is 5.31. The quantitative estimate of drug-likeness (QED) is 0.555. The minimum Gasteiger partial charge on any atom is -0.299 e. The van der Waals surface area contributed by atoms with Gasteiger partial charge >= 0.3 is 0 Å². The number of hydrogen-bond acceptors (Lipinski definition) is 1. The second-order valence-corrected chi connectivity index (χ2v) is 5.31. The predicted molar refractivity (Wildman–Crippen MR) is 79.3 cm³/mol. The Labute approximate surface area is 109 Å². The van der Waals surface area contributed by atoms with Gasteiger partial charge in [0.2, 0.25) is 0 Å². The van der Waals surface area contributed by atoms with E-state index in [0.717, 1.165) is 0 Å². The van der Waals surface area contributed by atoms with Crippen molar-refractivity contribution in [2.45, 2.75) is 66.5 Å². The zero-order valence-corrected chi connectivity index (χ0v) is 12.7. The van der Waals surface area contributed by atoms with E-state index in [-0.39, 0.29) is 0 Å². The average Bonchev–Trinajstić information content (AvgIpc) is 2.27. The smallest absolute Gasteiger partial charge is 0.00412 e. The molecule has 17 heavy (non-hydrogen) atoms. The number of hydrogen-bond donors (Lipinski definition) is 0. The van der Waals surface area contributed by atoms with E-state index in [1.54, 1.807) is 0 Å². The van der Waals surface area contributed by atoms with E-state index < -0.39 is 0 Å². The number of rotatable bonds is 8. The summed E-state index contributed by atoms with van der Waals surface area (Å²) >= 11 is 0. The van der Waals surface area contributed by atoms with Gasteiger partial charge in [0.25, 0.3) is 0 Å². The van der Waals surface area contributed by atoms with Crippen LogP contribution < -0.4 is 0 Å². The zero-order chi connectivity index (χ0) is 13.4. The van der Waals surface area contributed by atoms with E-state index in [1.165, 1.54) is 25.0 Å². The Morgan fingerprint density at radius 2 is 1.71 bits per heavy atom. The molecule has 0 aliphatic heterocycles. The Morgan fingerprint density at radius 1 is 1.18 bits per heavy atom. The lowest BCUT2D eigenvalue weighted by Gasteiger charge is -2.32. The van der Waals surface area contributed by atoms with Crippen LogP contribution in [0, 0.1) is 5.92 Å². The fourth-order valence-electron chi connectivity index (χ4n) is 2.54. The van der Waals surface area contributed by atoms with Gasteiger partial charge in [-0.25, -0.2) is 0 Å². The summed E-state index contributed by atoms with van der Waals surface area (Å²) in [6.07, 6.45) is 6.66. The first-order valence-electron chi connectivity index (χ1n) is 7.02. The summed E-state index contributed by atoms with van der Waals surface area (Å²) in [5.74, 6) is 0.664. The van der Waals surface area contributed by atoms with Crippen molar-refractivity contribution in [1.29, 1.82) is 0 Å². The molecular formula is C16H31N. The van der Waals surface area contributed by atoms with E-state index >= 15 is 0 Å². The summed E-state index contributed by atoms with van der Waals surface area (Å²) in [5, 5.41) is 0. The highest BCUT2D eigenvalue weighted by atomic mass is 15.2. The molecule has 0 rings (SSSR count). The van der Waals surface area contributed by atoms with E-state index in [9.17, 15) is 0 Å². The first-order valence-corrected chi connectivity index (χ1v) is 7.02. The molecule has 100 valence electrons. The largest absolute Gasteiger partial charge is 0.299 e. The molecule has 1 unspecified atom stereocenters. The Hall–Kier alpha value is -0.560. The van der Waals surface area contributed by atoms with Crippen LogP contribution in [0.5, 0.6) is 0 Å². The molecule has 0 aromatic heterocycles. The maximum atomic E-state index is 3.92. The van der Waals surface area contributed by atoms with Crippen LogP contribution in [-0.4, -0.2) is 23.5 Å². The Bertz CT molecular complexity index is 230. The molecule has 0 aromatic rings. The Morgan fingerprint density at radius 3 is 2.00 bits per heavy atom. The van der Waals surface area contributed by atoms with Crippen LogP contribution in [0.4, 0.5) is 0 Å². The normalized spacial score (nSPS) is 14.8. The van der Waals surface area contributed by atoms with Gasteiger partial charge in [0.05, 0.1) is 0 Å². The molecule has 0 amide bonds. The lowest BCUT2D eigenvalue weighted by Crippen LogP contribution is -2.38. The van der Waals surface area contributed by atoms with Crippen molar-refractivity contribution in [3.8, 4) is 0 Å². The van der Waals surface area contributed by atoms with Crippen molar-refractivity contribution < 1.29 is 0 Å². The topological polar surface area (TPSA) is 3.24 Å². The molecule has 1 nitrogen and oxygen atoms in total. The molecule has 1 heteroatoms. The van der Waals surface area contributed by atoms with Gasteiger partial charge in [-0.3, -0.25) is 4.90 Å². The van der Waals surface area contributed by atoms with E-state index in [0.29, 0.717) is 18.0 Å². The highest BCUT2D eigenvalue weighted by Crippen LogP contribution is 2.21. The molecule has 0 heterocycles. The highest BCUT2D eigenvalue weighted by Gasteiger charge is 2.16. The molecule has 0 N–H and O–H groups in total. The molecular weight excluding hydrogens is 206 g/mol. The molecule has 0 bridgehead atoms. The summed E-state index contributed by atoms with van der Waals surface area (Å²) in [5.41, 5.74) is 1.40.